The van der Waals surface area contributed by atoms with Crippen LogP contribution >= 0.6 is 11.8 Å². The summed E-state index contributed by atoms with van der Waals surface area (Å²) in [5.41, 5.74) is 0.893. The lowest BCUT2D eigenvalue weighted by Crippen LogP contribution is -2.31. The molecule has 1 N–H and O–H groups in total. The Morgan fingerprint density at radius 2 is 2.00 bits per heavy atom. The van der Waals surface area contributed by atoms with E-state index in [4.69, 9.17) is 4.74 Å². The normalized spacial score (nSPS) is 14.1. The lowest BCUT2D eigenvalue weighted by atomic mass is 10.1. The Morgan fingerprint density at radius 3 is 2.75 bits per heavy atom. The first-order chi connectivity index (χ1) is 13.7. The third-order valence-corrected chi connectivity index (χ3v) is 5.70. The van der Waals surface area contributed by atoms with Gasteiger partial charge in [-0.1, -0.05) is 37.2 Å². The standard InChI is InChI=1S/C20H29N5O2S/c1-3-4-12-21-18(26)15-28-20-23-22-19(24-13-8-5-9-14-24)25(20)16-10-6-7-11-17(16)27-2/h6-7,10-11H,3-5,8-9,12-15H2,1-2H3,(H,21,26). The second-order valence-electron chi connectivity index (χ2n) is 6.83. The van der Waals surface area contributed by atoms with Crippen LogP contribution in [0.2, 0.25) is 0 Å². The fraction of sp³-hybridized carbons (Fsp3) is 0.550. The molecule has 0 atom stereocenters. The highest BCUT2D eigenvalue weighted by molar-refractivity contribution is 7.99. The summed E-state index contributed by atoms with van der Waals surface area (Å²) in [6.45, 7) is 4.76. The quantitative estimate of drug-likeness (QED) is 0.512. The third-order valence-electron chi connectivity index (χ3n) is 4.77. The minimum atomic E-state index is 0.0209. The van der Waals surface area contributed by atoms with E-state index < -0.39 is 0 Å². The number of unbranched alkanes of at least 4 members (excludes halogenated alkanes) is 1. The number of carbonyl (C=O) groups is 1. The fourth-order valence-corrected chi connectivity index (χ4v) is 4.04. The summed E-state index contributed by atoms with van der Waals surface area (Å²) in [7, 11) is 1.66. The zero-order valence-electron chi connectivity index (χ0n) is 16.7. The molecular formula is C20H29N5O2S. The highest BCUT2D eigenvalue weighted by atomic mass is 32.2. The maximum absolute atomic E-state index is 12.1. The topological polar surface area (TPSA) is 72.3 Å². The van der Waals surface area contributed by atoms with Gasteiger partial charge in [0.2, 0.25) is 11.9 Å². The molecule has 1 aliphatic rings. The van der Waals surface area contributed by atoms with Gasteiger partial charge >= 0.3 is 0 Å². The van der Waals surface area contributed by atoms with Crippen LogP contribution in [0, 0.1) is 0 Å². The van der Waals surface area contributed by atoms with Crippen LogP contribution in [-0.4, -0.2) is 53.2 Å². The van der Waals surface area contributed by atoms with Gasteiger partial charge < -0.3 is 15.0 Å². The number of nitrogens with zero attached hydrogens (tertiary/aromatic N) is 4. The molecule has 1 fully saturated rings. The van der Waals surface area contributed by atoms with Crippen molar-refractivity contribution in [2.75, 3.05) is 37.4 Å². The minimum absolute atomic E-state index is 0.0209. The van der Waals surface area contributed by atoms with Gasteiger partial charge in [0.05, 0.1) is 18.6 Å². The molecular weight excluding hydrogens is 374 g/mol. The lowest BCUT2D eigenvalue weighted by molar-refractivity contribution is -0.118. The second kappa shape index (κ2) is 10.4. The molecule has 1 aromatic heterocycles. The number of hydrogen-bond acceptors (Lipinski definition) is 6. The zero-order chi connectivity index (χ0) is 19.8. The zero-order valence-corrected chi connectivity index (χ0v) is 17.5. The van der Waals surface area contributed by atoms with Gasteiger partial charge in [0.1, 0.15) is 5.75 Å². The van der Waals surface area contributed by atoms with Crippen LogP contribution in [0.1, 0.15) is 39.0 Å². The number of methoxy groups -OCH3 is 1. The summed E-state index contributed by atoms with van der Waals surface area (Å²) >= 11 is 1.41. The van der Waals surface area contributed by atoms with Crippen molar-refractivity contribution in [2.24, 2.45) is 0 Å². The number of rotatable bonds is 9. The molecule has 28 heavy (non-hydrogen) atoms. The van der Waals surface area contributed by atoms with E-state index in [9.17, 15) is 4.79 Å². The van der Waals surface area contributed by atoms with Crippen LogP contribution in [0.3, 0.4) is 0 Å². The molecule has 0 saturated carbocycles. The first kappa shape index (κ1) is 20.5. The maximum Gasteiger partial charge on any atom is 0.232 e. The number of benzene rings is 1. The van der Waals surface area contributed by atoms with E-state index in [1.54, 1.807) is 7.11 Å². The number of amides is 1. The molecule has 0 bridgehead atoms. The molecule has 2 aromatic rings. The van der Waals surface area contributed by atoms with Crippen molar-refractivity contribution in [3.63, 3.8) is 0 Å². The van der Waals surface area contributed by atoms with Crippen molar-refractivity contribution in [1.82, 2.24) is 20.1 Å². The van der Waals surface area contributed by atoms with Crippen molar-refractivity contribution in [3.05, 3.63) is 24.3 Å². The maximum atomic E-state index is 12.1. The third kappa shape index (κ3) is 4.98. The van der Waals surface area contributed by atoms with Gasteiger partial charge in [-0.2, -0.15) is 0 Å². The Labute approximate surface area is 170 Å². The van der Waals surface area contributed by atoms with E-state index in [1.807, 2.05) is 28.8 Å². The van der Waals surface area contributed by atoms with E-state index in [1.165, 1.54) is 18.2 Å². The number of anilines is 1. The average molecular weight is 404 g/mol. The van der Waals surface area contributed by atoms with Crippen LogP contribution in [-0.2, 0) is 4.79 Å². The molecule has 3 rings (SSSR count). The molecule has 1 amide bonds. The number of thioether (sulfide) groups is 1. The van der Waals surface area contributed by atoms with Crippen molar-refractivity contribution in [1.29, 1.82) is 0 Å². The van der Waals surface area contributed by atoms with Crippen molar-refractivity contribution < 1.29 is 9.53 Å². The van der Waals surface area contributed by atoms with Crippen molar-refractivity contribution in [2.45, 2.75) is 44.2 Å². The van der Waals surface area contributed by atoms with Crippen LogP contribution < -0.4 is 15.0 Å². The molecule has 1 aliphatic heterocycles. The second-order valence-corrected chi connectivity index (χ2v) is 7.77. The van der Waals surface area contributed by atoms with Gasteiger partial charge in [-0.3, -0.25) is 9.36 Å². The van der Waals surface area contributed by atoms with Gasteiger partial charge in [0.25, 0.3) is 0 Å². The van der Waals surface area contributed by atoms with Gasteiger partial charge in [0.15, 0.2) is 5.16 Å². The van der Waals surface area contributed by atoms with E-state index in [2.05, 4.69) is 27.3 Å². The van der Waals surface area contributed by atoms with Gasteiger partial charge in [0, 0.05) is 19.6 Å². The minimum Gasteiger partial charge on any atom is -0.495 e. The Kier molecular flexibility index (Phi) is 7.59. The van der Waals surface area contributed by atoms with Crippen LogP contribution in [0.15, 0.2) is 29.4 Å². The highest BCUT2D eigenvalue weighted by Gasteiger charge is 2.23. The number of ether oxygens (including phenoxy) is 1. The largest absolute Gasteiger partial charge is 0.495 e. The predicted octanol–water partition coefficient (Wildman–Crippen LogP) is 3.27. The summed E-state index contributed by atoms with van der Waals surface area (Å²) in [6.07, 6.45) is 5.61. The van der Waals surface area contributed by atoms with Gasteiger partial charge in [-0.15, -0.1) is 10.2 Å². The Hall–Kier alpha value is -2.22. The van der Waals surface area contributed by atoms with Crippen LogP contribution in [0.4, 0.5) is 5.95 Å². The molecule has 0 unspecified atom stereocenters. The number of nitrogens with one attached hydrogen (secondary N) is 1. The molecule has 2 heterocycles. The Morgan fingerprint density at radius 1 is 1.21 bits per heavy atom. The molecule has 0 aliphatic carbocycles. The highest BCUT2D eigenvalue weighted by Crippen LogP contribution is 2.32. The summed E-state index contributed by atoms with van der Waals surface area (Å²) in [5.74, 6) is 1.91. The average Bonchev–Trinajstić information content (AvgIpc) is 3.16. The molecule has 152 valence electrons. The summed E-state index contributed by atoms with van der Waals surface area (Å²) < 4.78 is 7.60. The SMILES string of the molecule is CCCCNC(=O)CSc1nnc(N2CCCCC2)n1-c1ccccc1OC. The summed E-state index contributed by atoms with van der Waals surface area (Å²) in [4.78, 5) is 14.4. The number of carbonyl (C=O) groups excluding carboxylic acids is 1. The molecule has 7 nitrogen and oxygen atoms in total. The fourth-order valence-electron chi connectivity index (χ4n) is 3.27. The Balaban J connectivity index is 1.85. The summed E-state index contributed by atoms with van der Waals surface area (Å²) in [6, 6.07) is 7.85. The van der Waals surface area contributed by atoms with Crippen molar-refractivity contribution >= 4 is 23.6 Å². The number of aromatic nitrogens is 3. The van der Waals surface area contributed by atoms with Crippen LogP contribution in [0.25, 0.3) is 5.69 Å². The van der Waals surface area contributed by atoms with E-state index in [0.29, 0.717) is 17.5 Å². The number of hydrogen-bond donors (Lipinski definition) is 1. The number of piperidine rings is 1. The van der Waals surface area contributed by atoms with Gasteiger partial charge in [-0.05, 0) is 37.8 Å². The monoisotopic (exact) mass is 403 g/mol. The first-order valence-corrected chi connectivity index (χ1v) is 11.0. The van der Waals surface area contributed by atoms with Crippen molar-refractivity contribution in [3.8, 4) is 11.4 Å². The first-order valence-electron chi connectivity index (χ1n) is 9.97. The van der Waals surface area contributed by atoms with E-state index >= 15 is 0 Å². The Bertz CT molecular complexity index is 774. The molecule has 8 heteroatoms. The molecule has 0 spiro atoms. The van der Waals surface area contributed by atoms with E-state index in [0.717, 1.165) is 56.2 Å². The molecule has 1 aromatic carbocycles. The van der Waals surface area contributed by atoms with Gasteiger partial charge in [-0.25, -0.2) is 0 Å². The smallest absolute Gasteiger partial charge is 0.232 e. The van der Waals surface area contributed by atoms with E-state index in [-0.39, 0.29) is 5.91 Å². The van der Waals surface area contributed by atoms with Crippen LogP contribution in [0.5, 0.6) is 5.75 Å². The molecule has 0 radical (unpaired) electrons. The predicted molar refractivity (Wildman–Crippen MR) is 113 cm³/mol. The number of para-hydroxylation sites is 2. The lowest BCUT2D eigenvalue weighted by Gasteiger charge is -2.28. The summed E-state index contributed by atoms with van der Waals surface area (Å²) in [5, 5.41) is 12.5. The molecule has 1 saturated heterocycles.